The van der Waals surface area contributed by atoms with Crippen molar-refractivity contribution in [3.63, 3.8) is 0 Å². The fourth-order valence-electron chi connectivity index (χ4n) is 3.38. The maximum atomic E-state index is 12.9. The normalized spacial score (nSPS) is 15.6. The number of hydrogen-bond acceptors (Lipinski definition) is 3. The summed E-state index contributed by atoms with van der Waals surface area (Å²) < 4.78 is 27.9. The second-order valence-corrected chi connectivity index (χ2v) is 8.78. The first-order chi connectivity index (χ1) is 13.1. The molecular formula is C21H26N2O3S. The Kier molecular flexibility index (Phi) is 6.63. The molecule has 1 atom stereocenters. The van der Waals surface area contributed by atoms with E-state index in [4.69, 9.17) is 0 Å². The first-order valence-electron chi connectivity index (χ1n) is 9.43. The van der Waals surface area contributed by atoms with Gasteiger partial charge in [-0.25, -0.2) is 8.42 Å². The molecule has 1 aliphatic rings. The standard InChI is InChI=1S/C21H26N2O3S/c24-21(23-15-7-8-16-23)20(19-13-5-2-6-14-19)22-27(25,26)17-9-12-18-10-3-1-4-11-18/h1-6,10-11,13-14,20,22H,7-9,12,15-17H2/t20-/m0/s1. The molecule has 0 aromatic heterocycles. The van der Waals surface area contributed by atoms with Crippen LogP contribution >= 0.6 is 0 Å². The number of carbonyl (C=O) groups is 1. The molecule has 6 heteroatoms. The zero-order chi connectivity index (χ0) is 19.1. The minimum Gasteiger partial charge on any atom is -0.341 e. The fraction of sp³-hybridized carbons (Fsp3) is 0.381. The number of aryl methyl sites for hydroxylation is 1. The third-order valence-electron chi connectivity index (χ3n) is 4.82. The summed E-state index contributed by atoms with van der Waals surface area (Å²) in [5, 5.41) is 0. The number of sulfonamides is 1. The molecule has 5 nitrogen and oxygen atoms in total. The van der Waals surface area contributed by atoms with E-state index in [0.717, 1.165) is 18.4 Å². The van der Waals surface area contributed by atoms with Crippen LogP contribution in [0.1, 0.15) is 36.4 Å². The lowest BCUT2D eigenvalue weighted by Crippen LogP contribution is -2.42. The van der Waals surface area contributed by atoms with Crippen molar-refractivity contribution < 1.29 is 13.2 Å². The number of carbonyl (C=O) groups excluding carboxylic acids is 1. The minimum atomic E-state index is -3.57. The van der Waals surface area contributed by atoms with Gasteiger partial charge in [0.2, 0.25) is 15.9 Å². The first-order valence-corrected chi connectivity index (χ1v) is 11.1. The molecule has 0 radical (unpaired) electrons. The van der Waals surface area contributed by atoms with Gasteiger partial charge in [-0.3, -0.25) is 4.79 Å². The number of hydrogen-bond donors (Lipinski definition) is 1. The Morgan fingerprint density at radius 3 is 2.19 bits per heavy atom. The molecule has 1 heterocycles. The van der Waals surface area contributed by atoms with Crippen LogP contribution in [-0.4, -0.2) is 38.1 Å². The predicted octanol–water partition coefficient (Wildman–Crippen LogP) is 2.90. The molecule has 2 aromatic carbocycles. The molecule has 0 unspecified atom stereocenters. The summed E-state index contributed by atoms with van der Waals surface area (Å²) in [5.74, 6) is -0.163. The molecular weight excluding hydrogens is 360 g/mol. The number of amides is 1. The van der Waals surface area contributed by atoms with Crippen LogP contribution in [0.25, 0.3) is 0 Å². The monoisotopic (exact) mass is 386 g/mol. The highest BCUT2D eigenvalue weighted by Gasteiger charge is 2.30. The Labute approximate surface area is 161 Å². The van der Waals surface area contributed by atoms with E-state index in [9.17, 15) is 13.2 Å². The van der Waals surface area contributed by atoms with Gasteiger partial charge in [0.15, 0.2) is 0 Å². The molecule has 1 fully saturated rings. The highest BCUT2D eigenvalue weighted by atomic mass is 32.2. The van der Waals surface area contributed by atoms with E-state index in [2.05, 4.69) is 4.72 Å². The van der Waals surface area contributed by atoms with E-state index in [-0.39, 0.29) is 11.7 Å². The molecule has 1 aliphatic heterocycles. The van der Waals surface area contributed by atoms with E-state index in [1.807, 2.05) is 48.5 Å². The van der Waals surface area contributed by atoms with E-state index in [0.29, 0.717) is 31.5 Å². The molecule has 2 aromatic rings. The average Bonchev–Trinajstić information content (AvgIpc) is 3.22. The molecule has 27 heavy (non-hydrogen) atoms. The summed E-state index contributed by atoms with van der Waals surface area (Å²) in [7, 11) is -3.57. The van der Waals surface area contributed by atoms with Gasteiger partial charge in [0, 0.05) is 13.1 Å². The number of nitrogens with zero attached hydrogens (tertiary/aromatic N) is 1. The minimum absolute atomic E-state index is 0.00148. The lowest BCUT2D eigenvalue weighted by Gasteiger charge is -2.24. The number of rotatable bonds is 8. The summed E-state index contributed by atoms with van der Waals surface area (Å²) in [6.45, 7) is 1.38. The summed E-state index contributed by atoms with van der Waals surface area (Å²) in [4.78, 5) is 14.7. The quantitative estimate of drug-likeness (QED) is 0.759. The lowest BCUT2D eigenvalue weighted by atomic mass is 10.1. The smallest absolute Gasteiger partial charge is 0.245 e. The highest BCUT2D eigenvalue weighted by Crippen LogP contribution is 2.20. The average molecular weight is 387 g/mol. The summed E-state index contributed by atoms with van der Waals surface area (Å²) in [5.41, 5.74) is 1.79. The molecule has 1 amide bonds. The maximum absolute atomic E-state index is 12.9. The van der Waals surface area contributed by atoms with Gasteiger partial charge in [-0.2, -0.15) is 4.72 Å². The van der Waals surface area contributed by atoms with Gasteiger partial charge in [-0.15, -0.1) is 0 Å². The van der Waals surface area contributed by atoms with E-state index < -0.39 is 16.1 Å². The molecule has 1 N–H and O–H groups in total. The van der Waals surface area contributed by atoms with Crippen LogP contribution in [0.3, 0.4) is 0 Å². The van der Waals surface area contributed by atoms with Crippen molar-refractivity contribution in [3.8, 4) is 0 Å². The van der Waals surface area contributed by atoms with Crippen LogP contribution in [0.2, 0.25) is 0 Å². The topological polar surface area (TPSA) is 66.5 Å². The Morgan fingerprint density at radius 1 is 0.963 bits per heavy atom. The van der Waals surface area contributed by atoms with Gasteiger partial charge >= 0.3 is 0 Å². The molecule has 0 spiro atoms. The Bertz CT molecular complexity index is 832. The van der Waals surface area contributed by atoms with Crippen LogP contribution in [0.15, 0.2) is 60.7 Å². The van der Waals surface area contributed by atoms with E-state index in [1.165, 1.54) is 0 Å². The van der Waals surface area contributed by atoms with Crippen molar-refractivity contribution in [1.82, 2.24) is 9.62 Å². The van der Waals surface area contributed by atoms with Crippen LogP contribution in [-0.2, 0) is 21.2 Å². The molecule has 1 saturated heterocycles. The third kappa shape index (κ3) is 5.65. The van der Waals surface area contributed by atoms with Crippen molar-refractivity contribution in [3.05, 3.63) is 71.8 Å². The second-order valence-electron chi connectivity index (χ2n) is 6.90. The third-order valence-corrected chi connectivity index (χ3v) is 6.24. The number of nitrogens with one attached hydrogen (secondary N) is 1. The fourth-order valence-corrected chi connectivity index (χ4v) is 4.61. The molecule has 3 rings (SSSR count). The van der Waals surface area contributed by atoms with E-state index >= 15 is 0 Å². The summed E-state index contributed by atoms with van der Waals surface area (Å²) >= 11 is 0. The number of benzene rings is 2. The molecule has 0 aliphatic carbocycles. The zero-order valence-electron chi connectivity index (χ0n) is 15.4. The van der Waals surface area contributed by atoms with Crippen molar-refractivity contribution >= 4 is 15.9 Å². The van der Waals surface area contributed by atoms with Gasteiger partial charge in [0.1, 0.15) is 6.04 Å². The van der Waals surface area contributed by atoms with Gasteiger partial charge < -0.3 is 4.90 Å². The van der Waals surface area contributed by atoms with Crippen molar-refractivity contribution in [2.75, 3.05) is 18.8 Å². The van der Waals surface area contributed by atoms with Crippen molar-refractivity contribution in [2.24, 2.45) is 0 Å². The maximum Gasteiger partial charge on any atom is 0.245 e. The largest absolute Gasteiger partial charge is 0.341 e. The SMILES string of the molecule is O=C([C@@H](NS(=O)(=O)CCCc1ccccc1)c1ccccc1)N1CCCC1. The highest BCUT2D eigenvalue weighted by molar-refractivity contribution is 7.89. The zero-order valence-corrected chi connectivity index (χ0v) is 16.2. The van der Waals surface area contributed by atoms with Crippen molar-refractivity contribution in [1.29, 1.82) is 0 Å². The predicted molar refractivity (Wildman–Crippen MR) is 107 cm³/mol. The van der Waals surface area contributed by atoms with Crippen LogP contribution in [0.5, 0.6) is 0 Å². The van der Waals surface area contributed by atoms with E-state index in [1.54, 1.807) is 17.0 Å². The van der Waals surface area contributed by atoms with Crippen LogP contribution < -0.4 is 4.72 Å². The summed E-state index contributed by atoms with van der Waals surface area (Å²) in [6.07, 6.45) is 3.14. The molecule has 144 valence electrons. The van der Waals surface area contributed by atoms with Crippen molar-refractivity contribution in [2.45, 2.75) is 31.7 Å². The molecule has 0 saturated carbocycles. The second kappa shape index (κ2) is 9.15. The lowest BCUT2D eigenvalue weighted by molar-refractivity contribution is -0.132. The van der Waals surface area contributed by atoms with Gasteiger partial charge in [0.05, 0.1) is 5.75 Å². The van der Waals surface area contributed by atoms with Crippen LogP contribution in [0, 0.1) is 0 Å². The Balaban J connectivity index is 1.67. The number of likely N-dealkylation sites (tertiary alicyclic amines) is 1. The van der Waals surface area contributed by atoms with Gasteiger partial charge in [-0.05, 0) is 36.8 Å². The Hall–Kier alpha value is -2.18. The molecule has 0 bridgehead atoms. The Morgan fingerprint density at radius 2 is 1.56 bits per heavy atom. The summed E-state index contributed by atoms with van der Waals surface area (Å²) in [6, 6.07) is 18.1. The first kappa shape index (κ1) is 19.6. The van der Waals surface area contributed by atoms with Crippen LogP contribution in [0.4, 0.5) is 0 Å². The van der Waals surface area contributed by atoms with Gasteiger partial charge in [0.25, 0.3) is 0 Å². The van der Waals surface area contributed by atoms with Gasteiger partial charge in [-0.1, -0.05) is 60.7 Å².